The van der Waals surface area contributed by atoms with Gasteiger partial charge in [0.15, 0.2) is 5.16 Å². The predicted octanol–water partition coefficient (Wildman–Crippen LogP) is 5.10. The third-order valence-electron chi connectivity index (χ3n) is 4.85. The van der Waals surface area contributed by atoms with Crippen molar-refractivity contribution in [2.45, 2.75) is 24.1 Å². The maximum absolute atomic E-state index is 13.2. The number of aromatic nitrogens is 2. The fraction of sp³-hybridized carbons (Fsp3) is 0.111. The number of carbonyl (C=O) groups is 2. The van der Waals surface area contributed by atoms with Gasteiger partial charge in [-0.05, 0) is 24.6 Å². The minimum absolute atomic E-state index is 0.214. The summed E-state index contributed by atoms with van der Waals surface area (Å²) < 4.78 is 5.95. The maximum Gasteiger partial charge on any atom is 0.254 e. The molecule has 1 heterocycles. The summed E-state index contributed by atoms with van der Waals surface area (Å²) in [6, 6.07) is 29.0. The van der Waals surface area contributed by atoms with Gasteiger partial charge in [0.25, 0.3) is 5.91 Å². The molecule has 4 rings (SSSR count). The number of rotatable bonds is 9. The molecule has 0 unspecified atom stereocenters. The van der Waals surface area contributed by atoms with Crippen LogP contribution in [0.5, 0.6) is 5.88 Å². The number of carbonyl (C=O) groups excluding carboxylic acids is 2. The highest BCUT2D eigenvalue weighted by molar-refractivity contribution is 7.98. The highest BCUT2D eigenvalue weighted by atomic mass is 32.2. The van der Waals surface area contributed by atoms with Gasteiger partial charge < -0.3 is 10.1 Å². The molecule has 3 aromatic carbocycles. The van der Waals surface area contributed by atoms with Crippen molar-refractivity contribution in [2.24, 2.45) is 0 Å². The van der Waals surface area contributed by atoms with Crippen molar-refractivity contribution in [2.75, 3.05) is 0 Å². The third kappa shape index (κ3) is 6.30. The highest BCUT2D eigenvalue weighted by Crippen LogP contribution is 2.23. The third-order valence-corrected chi connectivity index (χ3v) is 5.77. The summed E-state index contributed by atoms with van der Waals surface area (Å²) in [5.41, 5.74) is 2.69. The smallest absolute Gasteiger partial charge is 0.254 e. The molecule has 0 saturated heterocycles. The molecule has 0 aliphatic rings. The van der Waals surface area contributed by atoms with E-state index in [2.05, 4.69) is 15.3 Å². The summed E-state index contributed by atoms with van der Waals surface area (Å²) in [7, 11) is 0. The Morgan fingerprint density at radius 3 is 2.09 bits per heavy atom. The predicted molar refractivity (Wildman–Crippen MR) is 132 cm³/mol. The molecule has 6 nitrogen and oxygen atoms in total. The summed E-state index contributed by atoms with van der Waals surface area (Å²) in [5, 5.41) is 3.23. The molecule has 1 atom stereocenters. The minimum atomic E-state index is -1.25. The first-order valence-corrected chi connectivity index (χ1v) is 11.7. The molecule has 34 heavy (non-hydrogen) atoms. The molecule has 0 fully saturated rings. The van der Waals surface area contributed by atoms with Crippen molar-refractivity contribution in [3.63, 3.8) is 0 Å². The van der Waals surface area contributed by atoms with Crippen LogP contribution in [-0.4, -0.2) is 27.9 Å². The fourth-order valence-electron chi connectivity index (χ4n) is 3.18. The molecule has 0 bridgehead atoms. The molecular formula is C27H23N3O3S. The van der Waals surface area contributed by atoms with E-state index in [0.29, 0.717) is 27.7 Å². The Balaban J connectivity index is 1.56. The van der Waals surface area contributed by atoms with E-state index < -0.39 is 12.1 Å². The van der Waals surface area contributed by atoms with Gasteiger partial charge in [0.1, 0.15) is 0 Å². The SMILES string of the molecule is Cc1cc(O[C@H](NC(=O)c2ccccc2)C(=O)c2ccccc2)nc(SCc2ccccc2)n1. The van der Waals surface area contributed by atoms with Gasteiger partial charge in [0.05, 0.1) is 0 Å². The molecule has 0 radical (unpaired) electrons. The summed E-state index contributed by atoms with van der Waals surface area (Å²) in [5.74, 6) is 0.116. The Hall–Kier alpha value is -3.97. The Bertz CT molecular complexity index is 1250. The number of benzene rings is 3. The number of hydrogen-bond acceptors (Lipinski definition) is 6. The molecule has 1 N–H and O–H groups in total. The van der Waals surface area contributed by atoms with Crippen molar-refractivity contribution in [1.82, 2.24) is 15.3 Å². The lowest BCUT2D eigenvalue weighted by molar-refractivity contribution is 0.0648. The Morgan fingerprint density at radius 1 is 0.853 bits per heavy atom. The van der Waals surface area contributed by atoms with Gasteiger partial charge in [-0.15, -0.1) is 0 Å². The Kier molecular flexibility index (Phi) is 7.67. The van der Waals surface area contributed by atoms with E-state index in [9.17, 15) is 9.59 Å². The lowest BCUT2D eigenvalue weighted by atomic mass is 10.1. The van der Waals surface area contributed by atoms with E-state index in [1.165, 1.54) is 11.8 Å². The number of ketones is 1. The molecule has 0 spiro atoms. The number of thioether (sulfide) groups is 1. The van der Waals surface area contributed by atoms with Crippen LogP contribution in [0.2, 0.25) is 0 Å². The van der Waals surface area contributed by atoms with Gasteiger partial charge >= 0.3 is 0 Å². The van der Waals surface area contributed by atoms with Crippen LogP contribution >= 0.6 is 11.8 Å². The number of hydrogen-bond donors (Lipinski definition) is 1. The van der Waals surface area contributed by atoms with Gasteiger partial charge in [0, 0.05) is 28.6 Å². The van der Waals surface area contributed by atoms with E-state index >= 15 is 0 Å². The zero-order chi connectivity index (χ0) is 23.8. The van der Waals surface area contributed by atoms with Gasteiger partial charge in [-0.3, -0.25) is 9.59 Å². The van der Waals surface area contributed by atoms with Gasteiger partial charge in [-0.1, -0.05) is 90.6 Å². The van der Waals surface area contributed by atoms with Crippen LogP contribution in [0.25, 0.3) is 0 Å². The van der Waals surface area contributed by atoms with Crippen molar-refractivity contribution in [3.05, 3.63) is 119 Å². The summed E-state index contributed by atoms with van der Waals surface area (Å²) >= 11 is 1.47. The van der Waals surface area contributed by atoms with Crippen LogP contribution in [0.1, 0.15) is 32.0 Å². The first-order chi connectivity index (χ1) is 16.6. The van der Waals surface area contributed by atoms with Crippen molar-refractivity contribution in [1.29, 1.82) is 0 Å². The first kappa shape index (κ1) is 23.2. The van der Waals surface area contributed by atoms with E-state index in [4.69, 9.17) is 4.74 Å². The molecule has 1 aromatic heterocycles. The largest absolute Gasteiger partial charge is 0.446 e. The lowest BCUT2D eigenvalue weighted by Gasteiger charge is -2.19. The number of Topliss-reactive ketones (excluding diaryl/α,β-unsaturated/α-hetero) is 1. The topological polar surface area (TPSA) is 81.2 Å². The van der Waals surface area contributed by atoms with Crippen molar-refractivity contribution >= 4 is 23.5 Å². The van der Waals surface area contributed by atoms with Crippen LogP contribution < -0.4 is 10.1 Å². The number of nitrogens with zero attached hydrogens (tertiary/aromatic N) is 2. The molecule has 0 aliphatic carbocycles. The zero-order valence-corrected chi connectivity index (χ0v) is 19.4. The van der Waals surface area contributed by atoms with Crippen molar-refractivity contribution in [3.8, 4) is 5.88 Å². The molecule has 0 aliphatic heterocycles. The van der Waals surface area contributed by atoms with E-state index in [0.717, 1.165) is 5.56 Å². The molecular weight excluding hydrogens is 446 g/mol. The van der Waals surface area contributed by atoms with E-state index in [-0.39, 0.29) is 11.7 Å². The van der Waals surface area contributed by atoms with Crippen molar-refractivity contribution < 1.29 is 14.3 Å². The Labute approximate surface area is 202 Å². The maximum atomic E-state index is 13.2. The average Bonchev–Trinajstić information content (AvgIpc) is 2.88. The standard InChI is InChI=1S/C27H23N3O3S/c1-19-17-23(29-27(28-19)34-18-20-11-5-2-6-12-20)33-26(24(31)21-13-7-3-8-14-21)30-25(32)22-15-9-4-10-16-22/h2-17,26H,18H2,1H3,(H,30,32)/t26-/m0/s1. The number of nitrogens with one attached hydrogen (secondary N) is 1. The second kappa shape index (κ2) is 11.2. The summed E-state index contributed by atoms with van der Waals surface area (Å²) in [6.45, 7) is 1.83. The fourth-order valence-corrected chi connectivity index (χ4v) is 4.03. The molecule has 4 aromatic rings. The Morgan fingerprint density at radius 2 is 1.44 bits per heavy atom. The van der Waals surface area contributed by atoms with E-state index in [1.807, 2.05) is 49.4 Å². The van der Waals surface area contributed by atoms with Crippen LogP contribution in [0.4, 0.5) is 0 Å². The monoisotopic (exact) mass is 469 g/mol. The first-order valence-electron chi connectivity index (χ1n) is 10.7. The van der Waals surface area contributed by atoms with Crippen LogP contribution in [-0.2, 0) is 5.75 Å². The molecule has 7 heteroatoms. The summed E-state index contributed by atoms with van der Waals surface area (Å²) in [4.78, 5) is 34.9. The normalized spacial score (nSPS) is 11.4. The molecule has 0 saturated carbocycles. The quantitative estimate of drug-likeness (QED) is 0.159. The van der Waals surface area contributed by atoms with Crippen LogP contribution in [0.15, 0.2) is 102 Å². The van der Waals surface area contributed by atoms with Crippen LogP contribution in [0, 0.1) is 6.92 Å². The number of amides is 1. The van der Waals surface area contributed by atoms with Crippen LogP contribution in [0.3, 0.4) is 0 Å². The number of aryl methyl sites for hydroxylation is 1. The highest BCUT2D eigenvalue weighted by Gasteiger charge is 2.25. The average molecular weight is 470 g/mol. The second-order valence-electron chi connectivity index (χ2n) is 7.47. The van der Waals surface area contributed by atoms with Gasteiger partial charge in [0.2, 0.25) is 17.9 Å². The zero-order valence-electron chi connectivity index (χ0n) is 18.5. The minimum Gasteiger partial charge on any atom is -0.446 e. The molecule has 170 valence electrons. The van der Waals surface area contributed by atoms with Gasteiger partial charge in [-0.2, -0.15) is 4.98 Å². The lowest BCUT2D eigenvalue weighted by Crippen LogP contribution is -2.45. The second-order valence-corrected chi connectivity index (χ2v) is 8.41. The number of ether oxygens (including phenoxy) is 1. The molecule has 1 amide bonds. The van der Waals surface area contributed by atoms with Gasteiger partial charge in [-0.25, -0.2) is 4.98 Å². The summed E-state index contributed by atoms with van der Waals surface area (Å²) in [6.07, 6.45) is -1.25. The van der Waals surface area contributed by atoms with E-state index in [1.54, 1.807) is 54.6 Å².